The average Bonchev–Trinajstić information content (AvgIpc) is 2.50. The lowest BCUT2D eigenvalue weighted by Gasteiger charge is -2.27. The number of halogens is 1. The molecule has 1 heterocycles. The van der Waals surface area contributed by atoms with E-state index in [2.05, 4.69) is 15.5 Å². The van der Waals surface area contributed by atoms with Crippen molar-refractivity contribution in [3.63, 3.8) is 0 Å². The second-order valence-electron chi connectivity index (χ2n) is 5.31. The summed E-state index contributed by atoms with van der Waals surface area (Å²) in [7, 11) is 0. The Morgan fingerprint density at radius 1 is 1.33 bits per heavy atom. The van der Waals surface area contributed by atoms with Gasteiger partial charge >= 0.3 is 0 Å². The maximum atomic E-state index is 6.26. The van der Waals surface area contributed by atoms with Crippen molar-refractivity contribution in [2.45, 2.75) is 19.9 Å². The Labute approximate surface area is 132 Å². The third kappa shape index (κ3) is 5.83. The summed E-state index contributed by atoms with van der Waals surface area (Å²) in [5.74, 6) is 0.838. The van der Waals surface area contributed by atoms with Gasteiger partial charge in [0.05, 0.1) is 6.61 Å². The molecule has 2 N–H and O–H groups in total. The van der Waals surface area contributed by atoms with E-state index < -0.39 is 0 Å². The van der Waals surface area contributed by atoms with Crippen LogP contribution in [0.25, 0.3) is 0 Å². The molecule has 0 unspecified atom stereocenters. The predicted octanol–water partition coefficient (Wildman–Crippen LogP) is 2.12. The van der Waals surface area contributed by atoms with E-state index in [0.29, 0.717) is 6.61 Å². The number of piperazine rings is 1. The smallest absolute Gasteiger partial charge is 0.120 e. The zero-order valence-corrected chi connectivity index (χ0v) is 13.6. The first-order valence-electron chi connectivity index (χ1n) is 7.84. The van der Waals surface area contributed by atoms with E-state index in [1.165, 1.54) is 26.1 Å². The van der Waals surface area contributed by atoms with Gasteiger partial charge in [-0.05, 0) is 44.1 Å². The minimum Gasteiger partial charge on any atom is -0.494 e. The van der Waals surface area contributed by atoms with Gasteiger partial charge in [-0.15, -0.1) is 0 Å². The van der Waals surface area contributed by atoms with Gasteiger partial charge < -0.3 is 20.3 Å². The van der Waals surface area contributed by atoms with Crippen LogP contribution >= 0.6 is 11.6 Å². The molecule has 2 rings (SSSR count). The van der Waals surface area contributed by atoms with Crippen molar-refractivity contribution in [1.29, 1.82) is 0 Å². The first-order valence-corrected chi connectivity index (χ1v) is 8.22. The Kier molecular flexibility index (Phi) is 7.30. The Morgan fingerprint density at radius 2 is 2.14 bits per heavy atom. The van der Waals surface area contributed by atoms with Gasteiger partial charge in [0, 0.05) is 37.7 Å². The molecule has 0 bridgehead atoms. The second kappa shape index (κ2) is 9.26. The fourth-order valence-corrected chi connectivity index (χ4v) is 2.75. The molecule has 1 aromatic rings. The predicted molar refractivity (Wildman–Crippen MR) is 88.3 cm³/mol. The Bertz CT molecular complexity index is 422. The van der Waals surface area contributed by atoms with Crippen molar-refractivity contribution in [3.05, 3.63) is 28.8 Å². The average molecular weight is 312 g/mol. The van der Waals surface area contributed by atoms with Gasteiger partial charge in [-0.1, -0.05) is 17.7 Å². The fourth-order valence-electron chi connectivity index (χ4n) is 2.51. The van der Waals surface area contributed by atoms with E-state index in [9.17, 15) is 0 Å². The Morgan fingerprint density at radius 3 is 2.86 bits per heavy atom. The van der Waals surface area contributed by atoms with Gasteiger partial charge in [-0.25, -0.2) is 0 Å². The zero-order chi connectivity index (χ0) is 14.9. The molecule has 0 aliphatic carbocycles. The number of hydrogen-bond acceptors (Lipinski definition) is 4. The van der Waals surface area contributed by atoms with Gasteiger partial charge in [0.25, 0.3) is 0 Å². The van der Waals surface area contributed by atoms with Crippen molar-refractivity contribution in [3.8, 4) is 5.75 Å². The van der Waals surface area contributed by atoms with Crippen LogP contribution < -0.4 is 15.4 Å². The van der Waals surface area contributed by atoms with Crippen molar-refractivity contribution in [1.82, 2.24) is 15.5 Å². The lowest BCUT2D eigenvalue weighted by molar-refractivity contribution is 0.237. The summed E-state index contributed by atoms with van der Waals surface area (Å²) >= 11 is 6.26. The standard InChI is InChI=1S/C16H26ClN3O/c1-2-21-15-5-4-14(16(17)12-15)13-19-6-3-9-20-10-7-18-8-11-20/h4-5,12,18-19H,2-3,6-11,13H2,1H3. The molecule has 0 saturated carbocycles. The number of rotatable bonds is 8. The van der Waals surface area contributed by atoms with E-state index in [1.54, 1.807) is 0 Å². The monoisotopic (exact) mass is 311 g/mol. The van der Waals surface area contributed by atoms with E-state index >= 15 is 0 Å². The SMILES string of the molecule is CCOc1ccc(CNCCCN2CCNCC2)c(Cl)c1. The first kappa shape index (κ1) is 16.6. The maximum absolute atomic E-state index is 6.26. The number of benzene rings is 1. The lowest BCUT2D eigenvalue weighted by atomic mass is 10.2. The molecular weight excluding hydrogens is 286 g/mol. The Hall–Kier alpha value is -0.810. The van der Waals surface area contributed by atoms with Crippen LogP contribution in [-0.4, -0.2) is 50.8 Å². The molecule has 5 heteroatoms. The highest BCUT2D eigenvalue weighted by atomic mass is 35.5. The molecule has 1 aliphatic rings. The zero-order valence-electron chi connectivity index (χ0n) is 12.8. The summed E-state index contributed by atoms with van der Waals surface area (Å²) in [5, 5.41) is 7.62. The van der Waals surface area contributed by atoms with Crippen LogP contribution in [0.4, 0.5) is 0 Å². The fraction of sp³-hybridized carbons (Fsp3) is 0.625. The topological polar surface area (TPSA) is 36.5 Å². The molecule has 1 aliphatic heterocycles. The van der Waals surface area contributed by atoms with Crippen LogP contribution in [0, 0.1) is 0 Å². The van der Waals surface area contributed by atoms with Gasteiger partial charge in [0.15, 0.2) is 0 Å². The third-order valence-electron chi connectivity index (χ3n) is 3.69. The van der Waals surface area contributed by atoms with Crippen LogP contribution in [0.1, 0.15) is 18.9 Å². The molecule has 21 heavy (non-hydrogen) atoms. The minimum absolute atomic E-state index is 0.667. The van der Waals surface area contributed by atoms with Gasteiger partial charge in [0.1, 0.15) is 5.75 Å². The molecular formula is C16H26ClN3O. The summed E-state index contributed by atoms with van der Waals surface area (Å²) in [4.78, 5) is 2.52. The van der Waals surface area contributed by atoms with Crippen LogP contribution in [0.3, 0.4) is 0 Å². The molecule has 0 radical (unpaired) electrons. The number of nitrogens with one attached hydrogen (secondary N) is 2. The third-order valence-corrected chi connectivity index (χ3v) is 4.04. The van der Waals surface area contributed by atoms with Crippen LogP contribution in [0.2, 0.25) is 5.02 Å². The van der Waals surface area contributed by atoms with Gasteiger partial charge in [-0.3, -0.25) is 0 Å². The molecule has 1 fully saturated rings. The molecule has 1 aromatic carbocycles. The second-order valence-corrected chi connectivity index (χ2v) is 5.72. The highest BCUT2D eigenvalue weighted by molar-refractivity contribution is 6.31. The summed E-state index contributed by atoms with van der Waals surface area (Å²) in [6.07, 6.45) is 1.18. The lowest BCUT2D eigenvalue weighted by Crippen LogP contribution is -2.44. The van der Waals surface area contributed by atoms with E-state index in [0.717, 1.165) is 42.5 Å². The quantitative estimate of drug-likeness (QED) is 0.721. The summed E-state index contributed by atoms with van der Waals surface area (Å²) < 4.78 is 5.44. The van der Waals surface area contributed by atoms with Crippen molar-refractivity contribution in [2.75, 3.05) is 45.9 Å². The highest BCUT2D eigenvalue weighted by Crippen LogP contribution is 2.22. The highest BCUT2D eigenvalue weighted by Gasteiger charge is 2.08. The minimum atomic E-state index is 0.667. The largest absolute Gasteiger partial charge is 0.494 e. The number of nitrogens with zero attached hydrogens (tertiary/aromatic N) is 1. The Balaban J connectivity index is 1.63. The van der Waals surface area contributed by atoms with Crippen LogP contribution in [0.5, 0.6) is 5.75 Å². The summed E-state index contributed by atoms with van der Waals surface area (Å²) in [6, 6.07) is 5.91. The van der Waals surface area contributed by atoms with Gasteiger partial charge in [0.2, 0.25) is 0 Å². The molecule has 4 nitrogen and oxygen atoms in total. The van der Waals surface area contributed by atoms with Crippen LogP contribution in [-0.2, 0) is 6.54 Å². The molecule has 1 saturated heterocycles. The molecule has 0 spiro atoms. The van der Waals surface area contributed by atoms with Crippen molar-refractivity contribution >= 4 is 11.6 Å². The molecule has 0 atom stereocenters. The number of hydrogen-bond donors (Lipinski definition) is 2. The summed E-state index contributed by atoms with van der Waals surface area (Å²) in [5.41, 5.74) is 1.13. The normalized spacial score (nSPS) is 16.1. The van der Waals surface area contributed by atoms with Crippen molar-refractivity contribution in [2.24, 2.45) is 0 Å². The molecule has 0 aromatic heterocycles. The van der Waals surface area contributed by atoms with E-state index in [-0.39, 0.29) is 0 Å². The van der Waals surface area contributed by atoms with Gasteiger partial charge in [-0.2, -0.15) is 0 Å². The van der Waals surface area contributed by atoms with Crippen molar-refractivity contribution < 1.29 is 4.74 Å². The first-order chi connectivity index (χ1) is 10.3. The molecule has 0 amide bonds. The number of ether oxygens (including phenoxy) is 1. The van der Waals surface area contributed by atoms with Crippen LogP contribution in [0.15, 0.2) is 18.2 Å². The maximum Gasteiger partial charge on any atom is 0.120 e. The summed E-state index contributed by atoms with van der Waals surface area (Å²) in [6.45, 7) is 10.2. The molecule has 118 valence electrons. The van der Waals surface area contributed by atoms with E-state index in [1.807, 2.05) is 25.1 Å². The van der Waals surface area contributed by atoms with E-state index in [4.69, 9.17) is 16.3 Å².